The van der Waals surface area contributed by atoms with Crippen molar-refractivity contribution in [3.05, 3.63) is 190 Å². The molecule has 2 aliphatic rings. The van der Waals surface area contributed by atoms with Crippen molar-refractivity contribution < 1.29 is 58.8 Å². The summed E-state index contributed by atoms with van der Waals surface area (Å²) in [5.74, 6) is 0.707. The van der Waals surface area contributed by atoms with Gasteiger partial charge in [-0.05, 0) is 305 Å². The maximum atomic E-state index is 11.9. The number of aliphatic hydroxyl groups is 4. The molecule has 0 aliphatic carbocycles. The van der Waals surface area contributed by atoms with Crippen molar-refractivity contribution in [2.45, 2.75) is 169 Å². The number of likely N-dealkylation sites (N-methyl/N-ethyl adjacent to an activating group) is 1. The standard InChI is InChI=1S/C25H30N2O3.C24H28N2O3.C22H26N2O3.C21H24N2O3.4CH4/c1-17(29)20-6-8-24-22(13-20)23-14-21(18(2)30)7-9-25(23)27(24)12-4-11-26-10-3-5-19(15-26)16-28;1-16(27)18-6-8-23-21(13-18)22-14-19(17(2)28)7-9-24(22)26(23)12-4-11-25-10-3-5-20(29)15-25;1-15(26)17-5-7-21-19(13-17)20-14-18(16(2)27)6-8-22(20)24(21)10-4-9-23(3)11-12-25;1-14(25)16-4-6-20-18(12-16)19-13-17(15(2)26)5-7-21(19)23(20)10-3-8-22-9-11-24;;;;/h6-9,13-14,19,28H,3-5,10-12,15-16H2,1-2H3;6-9,13-14,20,29H,3-5,10-12,15H2,1-2H3;5-8,13-14,25H,4,9-12H2,1-3H3;4-7,12-13,22,24H,3,8-11H2,1-2H3;4*1H4. The molecule has 6 heterocycles. The normalized spacial score (nSPS) is 14.3. The number of aromatic nitrogens is 4. The average molecular weight is 1580 g/mol. The van der Waals surface area contributed by atoms with Crippen molar-refractivity contribution in [3.8, 4) is 0 Å². The number of hydrogen-bond acceptors (Lipinski definition) is 16. The largest absolute Gasteiger partial charge is 0.396 e. The van der Waals surface area contributed by atoms with Gasteiger partial charge in [0.25, 0.3) is 0 Å². The number of benzene rings is 8. The number of likely N-dealkylation sites (tertiary alicyclic amines) is 2. The second kappa shape index (κ2) is 42.7. The highest BCUT2D eigenvalue weighted by molar-refractivity contribution is 6.17. The molecule has 14 rings (SSSR count). The number of piperidine rings is 2. The van der Waals surface area contributed by atoms with E-state index in [1.165, 1.54) is 0 Å². The second-order valence-corrected chi connectivity index (χ2v) is 30.4. The number of Topliss-reactive ketones (excluding diaryl/α,β-unsaturated/α-hetero) is 8. The van der Waals surface area contributed by atoms with Crippen LogP contribution in [-0.4, -0.2) is 198 Å². The maximum absolute atomic E-state index is 11.9. The molecule has 0 radical (unpaired) electrons. The predicted octanol–water partition coefficient (Wildman–Crippen LogP) is 17.6. The van der Waals surface area contributed by atoms with Gasteiger partial charge in [-0.1, -0.05) is 29.7 Å². The number of β-amino-alcohol motifs (C(OH)–C–C–N with tert-alkyl or cyclic N) is 1. The van der Waals surface area contributed by atoms with Gasteiger partial charge in [-0.25, -0.2) is 0 Å². The minimum atomic E-state index is -0.202. The van der Waals surface area contributed by atoms with Crippen LogP contribution in [0.4, 0.5) is 0 Å². The first-order chi connectivity index (χ1) is 53.9. The minimum Gasteiger partial charge on any atom is -0.396 e. The molecule has 12 aromatic rings. The number of carbonyl (C=O) groups excluding carboxylic acids is 8. The first kappa shape index (κ1) is 93.2. The summed E-state index contributed by atoms with van der Waals surface area (Å²) in [4.78, 5) is 102. The highest BCUT2D eigenvalue weighted by Gasteiger charge is 2.23. The third-order valence-electron chi connectivity index (χ3n) is 22.2. The van der Waals surface area contributed by atoms with Gasteiger partial charge in [-0.3, -0.25) is 38.4 Å². The summed E-state index contributed by atoms with van der Waals surface area (Å²) in [7, 11) is 2.00. The predicted molar refractivity (Wildman–Crippen MR) is 476 cm³/mol. The van der Waals surface area contributed by atoms with E-state index >= 15 is 0 Å². The Labute approximate surface area is 684 Å². The lowest BCUT2D eigenvalue weighted by Gasteiger charge is -2.31. The van der Waals surface area contributed by atoms with Gasteiger partial charge in [0, 0.05) is 191 Å². The van der Waals surface area contributed by atoms with Gasteiger partial charge < -0.3 is 58.7 Å². The molecular weight excluding hydrogens is 1460 g/mol. The Morgan fingerprint density at radius 1 is 0.345 bits per heavy atom. The first-order valence-corrected chi connectivity index (χ1v) is 39.5. The number of nitrogens with one attached hydrogen (secondary N) is 1. The van der Waals surface area contributed by atoms with Crippen molar-refractivity contribution in [3.63, 3.8) is 0 Å². The van der Waals surface area contributed by atoms with Gasteiger partial charge in [-0.15, -0.1) is 0 Å². The summed E-state index contributed by atoms with van der Waals surface area (Å²) in [5, 5.41) is 48.5. The zero-order valence-corrected chi connectivity index (χ0v) is 66.4. The molecule has 2 fully saturated rings. The monoisotopic (exact) mass is 1580 g/mol. The molecule has 2 aliphatic heterocycles. The van der Waals surface area contributed by atoms with E-state index in [1.807, 2.05) is 153 Å². The van der Waals surface area contributed by atoms with Gasteiger partial charge in [0.05, 0.1) is 19.3 Å². The molecule has 4 aromatic heterocycles. The van der Waals surface area contributed by atoms with Crippen molar-refractivity contribution in [2.75, 3.05) is 92.3 Å². The van der Waals surface area contributed by atoms with E-state index in [4.69, 9.17) is 10.2 Å². The van der Waals surface area contributed by atoms with E-state index in [9.17, 15) is 48.6 Å². The topological polar surface area (TPSA) is 259 Å². The summed E-state index contributed by atoms with van der Waals surface area (Å²) < 4.78 is 9.09. The number of aliphatic hydroxyl groups excluding tert-OH is 4. The Kier molecular flexibility index (Phi) is 34.3. The van der Waals surface area contributed by atoms with Crippen LogP contribution in [0, 0.1) is 5.92 Å². The SMILES string of the molecule is C.C.C.C.CC(=O)c1ccc2c(c1)c1cc(C(C)=O)ccc1n2CCCN(C)CCO.CC(=O)c1ccc2c(c1)c1cc(C(C)=O)ccc1n2CCCN1CCCC(CO)C1.CC(=O)c1ccc2c(c1)c1cc(C(C)=O)ccc1n2CCCN1CCCC(O)C1.CC(=O)c1ccc2c(c1)c1cc(C(C)=O)ccc1n2CCCNCCO. The molecule has 20 heteroatoms. The summed E-state index contributed by atoms with van der Waals surface area (Å²) in [6.07, 6.45) is 7.89. The van der Waals surface area contributed by atoms with Crippen LogP contribution >= 0.6 is 0 Å². The molecule has 5 N–H and O–H groups in total. The average Bonchev–Trinajstić information content (AvgIpc) is 1.62. The van der Waals surface area contributed by atoms with Crippen LogP contribution in [0.25, 0.3) is 87.2 Å². The summed E-state index contributed by atoms with van der Waals surface area (Å²) in [6.45, 7) is 25.4. The maximum Gasteiger partial charge on any atom is 0.159 e. The van der Waals surface area contributed by atoms with Crippen LogP contribution in [-0.2, 0) is 26.2 Å². The van der Waals surface area contributed by atoms with Gasteiger partial charge in [0.15, 0.2) is 46.3 Å². The molecule has 0 amide bonds. The molecular formula is C96H124N8O12. The first-order valence-electron chi connectivity index (χ1n) is 39.5. The molecule has 20 nitrogen and oxygen atoms in total. The molecule has 2 saturated heterocycles. The van der Waals surface area contributed by atoms with Gasteiger partial charge in [-0.2, -0.15) is 0 Å². The van der Waals surface area contributed by atoms with E-state index in [-0.39, 0.29) is 102 Å². The van der Waals surface area contributed by atoms with E-state index < -0.39 is 0 Å². The van der Waals surface area contributed by atoms with Crippen LogP contribution in [0.5, 0.6) is 0 Å². The molecule has 620 valence electrons. The summed E-state index contributed by atoms with van der Waals surface area (Å²) >= 11 is 0. The third kappa shape index (κ3) is 22.0. The number of ketones is 8. The lowest BCUT2D eigenvalue weighted by molar-refractivity contribution is 0.0696. The zero-order chi connectivity index (χ0) is 80.0. The molecule has 2 unspecified atom stereocenters. The molecule has 0 bridgehead atoms. The molecule has 116 heavy (non-hydrogen) atoms. The highest BCUT2D eigenvalue weighted by atomic mass is 16.3. The second-order valence-electron chi connectivity index (χ2n) is 30.4. The summed E-state index contributed by atoms with van der Waals surface area (Å²) in [6, 6.07) is 46.6. The number of carbonyl (C=O) groups is 8. The third-order valence-corrected chi connectivity index (χ3v) is 22.2. The lowest BCUT2D eigenvalue weighted by Crippen LogP contribution is -2.38. The summed E-state index contributed by atoms with van der Waals surface area (Å²) in [5.41, 5.74) is 14.1. The van der Waals surface area contributed by atoms with Gasteiger partial charge >= 0.3 is 0 Å². The molecule has 2 atom stereocenters. The number of fused-ring (bicyclic) bond motifs is 12. The number of hydrogen-bond donors (Lipinski definition) is 5. The number of rotatable bonds is 29. The van der Waals surface area contributed by atoms with Crippen molar-refractivity contribution in [1.29, 1.82) is 0 Å². The Morgan fingerprint density at radius 3 is 0.871 bits per heavy atom. The van der Waals surface area contributed by atoms with Crippen LogP contribution in [0.2, 0.25) is 0 Å². The van der Waals surface area contributed by atoms with Crippen molar-refractivity contribution in [2.24, 2.45) is 5.92 Å². The Bertz CT molecular complexity index is 5220. The Hall–Kier alpha value is -10.0. The Balaban J connectivity index is 0.000000212. The molecule has 0 spiro atoms. The van der Waals surface area contributed by atoms with E-state index in [1.54, 1.807) is 55.4 Å². The fourth-order valence-electron chi connectivity index (χ4n) is 16.1. The van der Waals surface area contributed by atoms with Crippen molar-refractivity contribution in [1.82, 2.24) is 38.3 Å². The Morgan fingerprint density at radius 2 is 0.612 bits per heavy atom. The molecule has 8 aromatic carbocycles. The molecule has 0 saturated carbocycles. The fraction of sp³-hybridized carbons (Fsp3) is 0.417. The fourth-order valence-corrected chi connectivity index (χ4v) is 16.1. The van der Waals surface area contributed by atoms with Crippen LogP contribution in [0.15, 0.2) is 146 Å². The van der Waals surface area contributed by atoms with Crippen LogP contribution in [0.3, 0.4) is 0 Å². The smallest absolute Gasteiger partial charge is 0.159 e. The van der Waals surface area contributed by atoms with E-state index in [0.717, 1.165) is 217 Å². The van der Waals surface area contributed by atoms with E-state index in [0.29, 0.717) is 63.5 Å². The van der Waals surface area contributed by atoms with E-state index in [2.05, 4.69) is 38.3 Å². The van der Waals surface area contributed by atoms with Gasteiger partial charge in [0.1, 0.15) is 0 Å². The van der Waals surface area contributed by atoms with Gasteiger partial charge in [0.2, 0.25) is 0 Å². The zero-order valence-electron chi connectivity index (χ0n) is 66.4. The van der Waals surface area contributed by atoms with Crippen molar-refractivity contribution >= 4 is 133 Å². The number of aryl methyl sites for hydroxylation is 4. The van der Waals surface area contributed by atoms with Crippen LogP contribution in [0.1, 0.15) is 219 Å². The number of nitrogens with zero attached hydrogens (tertiary/aromatic N) is 7. The highest BCUT2D eigenvalue weighted by Crippen LogP contribution is 2.37. The van der Waals surface area contributed by atoms with Crippen LogP contribution < -0.4 is 5.32 Å². The quantitative estimate of drug-likeness (QED) is 0.0216. The minimum absolute atomic E-state index is 0. The lowest BCUT2D eigenvalue weighted by atomic mass is 9.99.